The molecule has 0 spiro atoms. The number of carboxylic acid groups (broad SMARTS) is 1. The van der Waals surface area contributed by atoms with Crippen LogP contribution in [0.2, 0.25) is 5.02 Å². The van der Waals surface area contributed by atoms with E-state index in [1.807, 2.05) is 0 Å². The molecule has 0 saturated carbocycles. The first-order chi connectivity index (χ1) is 8.49. The maximum Gasteiger partial charge on any atom is 0.339 e. The van der Waals surface area contributed by atoms with Gasteiger partial charge in [0.1, 0.15) is 11.4 Å². The second kappa shape index (κ2) is 4.78. The van der Waals surface area contributed by atoms with Gasteiger partial charge in [0.25, 0.3) is 0 Å². The standard InChI is InChI=1S/C12H10ClFN2O2/c1-7-9(12(17)18)5-15-16(7)6-8-2-3-11(14)10(13)4-8/h2-5H,6H2,1H3,(H,17,18). The SMILES string of the molecule is Cc1c(C(=O)O)cnn1Cc1ccc(F)c(Cl)c1. The number of carbonyl (C=O) groups is 1. The van der Waals surface area contributed by atoms with Crippen LogP contribution in [0, 0.1) is 12.7 Å². The molecule has 0 fully saturated rings. The first-order valence-electron chi connectivity index (χ1n) is 5.18. The molecular formula is C12H10ClFN2O2. The minimum absolute atomic E-state index is 0.0377. The summed E-state index contributed by atoms with van der Waals surface area (Å²) in [5.41, 5.74) is 1.45. The van der Waals surface area contributed by atoms with Crippen LogP contribution < -0.4 is 0 Å². The normalized spacial score (nSPS) is 10.6. The van der Waals surface area contributed by atoms with E-state index in [1.54, 1.807) is 13.0 Å². The van der Waals surface area contributed by atoms with E-state index in [2.05, 4.69) is 5.10 Å². The van der Waals surface area contributed by atoms with Crippen molar-refractivity contribution in [2.24, 2.45) is 0 Å². The number of carboxylic acids is 1. The molecule has 4 nitrogen and oxygen atoms in total. The van der Waals surface area contributed by atoms with E-state index in [1.165, 1.54) is 23.0 Å². The maximum absolute atomic E-state index is 13.0. The lowest BCUT2D eigenvalue weighted by atomic mass is 10.2. The lowest BCUT2D eigenvalue weighted by Crippen LogP contribution is -2.06. The van der Waals surface area contributed by atoms with Crippen LogP contribution in [0.4, 0.5) is 4.39 Å². The Kier molecular flexibility index (Phi) is 3.34. The van der Waals surface area contributed by atoms with Gasteiger partial charge in [0.2, 0.25) is 0 Å². The molecule has 0 aliphatic carbocycles. The number of hydrogen-bond acceptors (Lipinski definition) is 2. The molecule has 1 aromatic heterocycles. The highest BCUT2D eigenvalue weighted by Gasteiger charge is 2.13. The van der Waals surface area contributed by atoms with Crippen LogP contribution in [0.1, 0.15) is 21.6 Å². The van der Waals surface area contributed by atoms with Gasteiger partial charge in [-0.3, -0.25) is 4.68 Å². The maximum atomic E-state index is 13.0. The molecule has 1 N–H and O–H groups in total. The summed E-state index contributed by atoms with van der Waals surface area (Å²) in [5.74, 6) is -1.50. The average molecular weight is 269 g/mol. The van der Waals surface area contributed by atoms with Crippen molar-refractivity contribution in [3.8, 4) is 0 Å². The van der Waals surface area contributed by atoms with Crippen molar-refractivity contribution < 1.29 is 14.3 Å². The highest BCUT2D eigenvalue weighted by Crippen LogP contribution is 2.17. The van der Waals surface area contributed by atoms with E-state index in [-0.39, 0.29) is 10.6 Å². The molecule has 0 saturated heterocycles. The number of rotatable bonds is 3. The average Bonchev–Trinajstić information content (AvgIpc) is 2.66. The largest absolute Gasteiger partial charge is 0.478 e. The monoisotopic (exact) mass is 268 g/mol. The molecule has 0 radical (unpaired) electrons. The molecule has 0 unspecified atom stereocenters. The van der Waals surface area contributed by atoms with Gasteiger partial charge in [-0.05, 0) is 24.6 Å². The fourth-order valence-corrected chi connectivity index (χ4v) is 1.83. The minimum Gasteiger partial charge on any atom is -0.478 e. The Balaban J connectivity index is 2.29. The fraction of sp³-hybridized carbons (Fsp3) is 0.167. The van der Waals surface area contributed by atoms with Crippen molar-refractivity contribution in [3.05, 3.63) is 52.1 Å². The first-order valence-corrected chi connectivity index (χ1v) is 5.56. The second-order valence-electron chi connectivity index (χ2n) is 3.85. The molecule has 0 atom stereocenters. The fourth-order valence-electron chi connectivity index (χ4n) is 1.63. The number of aromatic carboxylic acids is 1. The zero-order valence-electron chi connectivity index (χ0n) is 9.52. The molecule has 0 bridgehead atoms. The molecule has 0 aliphatic heterocycles. The Bertz CT molecular complexity index is 610. The van der Waals surface area contributed by atoms with E-state index in [9.17, 15) is 9.18 Å². The quantitative estimate of drug-likeness (QED) is 0.931. The summed E-state index contributed by atoms with van der Waals surface area (Å²) in [7, 11) is 0. The topological polar surface area (TPSA) is 55.1 Å². The van der Waals surface area contributed by atoms with Gasteiger partial charge in [-0.2, -0.15) is 5.10 Å². The number of hydrogen-bond donors (Lipinski definition) is 1. The van der Waals surface area contributed by atoms with Crippen LogP contribution in [-0.4, -0.2) is 20.9 Å². The van der Waals surface area contributed by atoms with Crippen molar-refractivity contribution in [1.29, 1.82) is 0 Å². The van der Waals surface area contributed by atoms with Gasteiger partial charge in [0.15, 0.2) is 0 Å². The van der Waals surface area contributed by atoms with Crippen molar-refractivity contribution in [3.63, 3.8) is 0 Å². The summed E-state index contributed by atoms with van der Waals surface area (Å²) in [6.45, 7) is 2.01. The summed E-state index contributed by atoms with van der Waals surface area (Å²) >= 11 is 5.68. The van der Waals surface area contributed by atoms with Gasteiger partial charge in [-0.25, -0.2) is 9.18 Å². The van der Waals surface area contributed by atoms with Gasteiger partial charge in [-0.15, -0.1) is 0 Å². The van der Waals surface area contributed by atoms with E-state index in [0.29, 0.717) is 12.2 Å². The highest BCUT2D eigenvalue weighted by atomic mass is 35.5. The van der Waals surface area contributed by atoms with Gasteiger partial charge in [-0.1, -0.05) is 17.7 Å². The van der Waals surface area contributed by atoms with Gasteiger partial charge in [0.05, 0.1) is 23.5 Å². The molecule has 0 amide bonds. The molecule has 6 heteroatoms. The van der Waals surface area contributed by atoms with Gasteiger partial charge >= 0.3 is 5.97 Å². The predicted molar refractivity (Wildman–Crippen MR) is 64.4 cm³/mol. The Morgan fingerprint density at radius 1 is 1.56 bits per heavy atom. The lowest BCUT2D eigenvalue weighted by Gasteiger charge is -2.05. The summed E-state index contributed by atoms with van der Waals surface area (Å²) in [4.78, 5) is 10.9. The number of halogens is 2. The van der Waals surface area contributed by atoms with Crippen LogP contribution in [0.15, 0.2) is 24.4 Å². The van der Waals surface area contributed by atoms with Crippen molar-refractivity contribution in [1.82, 2.24) is 9.78 Å². The third kappa shape index (κ3) is 2.36. The molecule has 18 heavy (non-hydrogen) atoms. The van der Waals surface area contributed by atoms with Crippen molar-refractivity contribution in [2.45, 2.75) is 13.5 Å². The molecule has 2 rings (SSSR count). The van der Waals surface area contributed by atoms with E-state index >= 15 is 0 Å². The summed E-state index contributed by atoms with van der Waals surface area (Å²) in [6, 6.07) is 4.36. The van der Waals surface area contributed by atoms with Crippen LogP contribution in [0.5, 0.6) is 0 Å². The lowest BCUT2D eigenvalue weighted by molar-refractivity contribution is 0.0696. The first kappa shape index (κ1) is 12.6. The summed E-state index contributed by atoms with van der Waals surface area (Å²) in [6.07, 6.45) is 1.29. The van der Waals surface area contributed by atoms with Crippen molar-refractivity contribution in [2.75, 3.05) is 0 Å². The van der Waals surface area contributed by atoms with Gasteiger partial charge < -0.3 is 5.11 Å². The van der Waals surface area contributed by atoms with E-state index in [4.69, 9.17) is 16.7 Å². The Hall–Kier alpha value is -1.88. The number of nitrogens with zero attached hydrogens (tertiary/aromatic N) is 2. The third-order valence-electron chi connectivity index (χ3n) is 2.65. The molecular weight excluding hydrogens is 259 g/mol. The Morgan fingerprint density at radius 3 is 2.83 bits per heavy atom. The second-order valence-corrected chi connectivity index (χ2v) is 4.26. The summed E-state index contributed by atoms with van der Waals surface area (Å²) in [5, 5.41) is 12.9. The molecule has 0 aliphatic rings. The highest BCUT2D eigenvalue weighted by molar-refractivity contribution is 6.30. The van der Waals surface area contributed by atoms with Gasteiger partial charge in [0, 0.05) is 0 Å². The molecule has 94 valence electrons. The van der Waals surface area contributed by atoms with Crippen LogP contribution >= 0.6 is 11.6 Å². The molecule has 2 aromatic rings. The minimum atomic E-state index is -1.02. The Labute approximate surface area is 108 Å². The van der Waals surface area contributed by atoms with E-state index in [0.717, 1.165) is 5.56 Å². The smallest absolute Gasteiger partial charge is 0.339 e. The zero-order valence-corrected chi connectivity index (χ0v) is 10.3. The number of benzene rings is 1. The number of aromatic nitrogens is 2. The predicted octanol–water partition coefficient (Wildman–Crippen LogP) is 2.73. The van der Waals surface area contributed by atoms with Crippen LogP contribution in [0.25, 0.3) is 0 Å². The Morgan fingerprint density at radius 2 is 2.28 bits per heavy atom. The van der Waals surface area contributed by atoms with Crippen molar-refractivity contribution >= 4 is 17.6 Å². The summed E-state index contributed by atoms with van der Waals surface area (Å²) < 4.78 is 14.5. The van der Waals surface area contributed by atoms with E-state index < -0.39 is 11.8 Å². The zero-order chi connectivity index (χ0) is 13.3. The molecule has 1 aromatic carbocycles. The molecule has 1 heterocycles. The van der Waals surface area contributed by atoms with Crippen LogP contribution in [-0.2, 0) is 6.54 Å². The van der Waals surface area contributed by atoms with Crippen LogP contribution in [0.3, 0.4) is 0 Å². The third-order valence-corrected chi connectivity index (χ3v) is 2.94.